The van der Waals surface area contributed by atoms with Gasteiger partial charge in [0.25, 0.3) is 0 Å². The van der Waals surface area contributed by atoms with Crippen LogP contribution in [0, 0.1) is 5.92 Å². The Morgan fingerprint density at radius 2 is 2.20 bits per heavy atom. The number of sulfone groups is 1. The van der Waals surface area contributed by atoms with Crippen LogP contribution in [0.25, 0.3) is 0 Å². The van der Waals surface area contributed by atoms with Crippen molar-refractivity contribution < 1.29 is 8.42 Å². The summed E-state index contributed by atoms with van der Waals surface area (Å²) in [5.74, 6) is 0.276. The van der Waals surface area contributed by atoms with Gasteiger partial charge in [0.1, 0.15) is 0 Å². The van der Waals surface area contributed by atoms with Crippen LogP contribution in [0.15, 0.2) is 23.1 Å². The van der Waals surface area contributed by atoms with E-state index < -0.39 is 9.84 Å². The van der Waals surface area contributed by atoms with Crippen LogP contribution in [0.3, 0.4) is 0 Å². The van der Waals surface area contributed by atoms with Gasteiger partial charge in [-0.05, 0) is 18.1 Å². The fourth-order valence-corrected chi connectivity index (χ4v) is 3.63. The number of rotatable bonds is 0. The van der Waals surface area contributed by atoms with Crippen molar-refractivity contribution in [3.8, 4) is 0 Å². The van der Waals surface area contributed by atoms with Gasteiger partial charge in [-0.15, -0.1) is 0 Å². The minimum absolute atomic E-state index is 0.0989. The van der Waals surface area contributed by atoms with Gasteiger partial charge in [0, 0.05) is 6.54 Å². The van der Waals surface area contributed by atoms with E-state index in [2.05, 4.69) is 5.32 Å². The summed E-state index contributed by atoms with van der Waals surface area (Å²) in [6.07, 6.45) is 0. The molecule has 1 heterocycles. The molecule has 3 N–H and O–H groups in total. The van der Waals surface area contributed by atoms with Crippen molar-refractivity contribution in [2.45, 2.75) is 11.8 Å². The highest BCUT2D eigenvalue weighted by Gasteiger charge is 2.26. The van der Waals surface area contributed by atoms with Crippen molar-refractivity contribution in [3.63, 3.8) is 0 Å². The average Bonchev–Trinajstić information content (AvgIpc) is 2.24. The van der Waals surface area contributed by atoms with Crippen molar-refractivity contribution >= 4 is 21.2 Å². The zero-order chi connectivity index (χ0) is 11.1. The Morgan fingerprint density at radius 3 is 2.93 bits per heavy atom. The summed E-state index contributed by atoms with van der Waals surface area (Å²) in [6, 6.07) is 4.98. The maximum atomic E-state index is 12.0. The zero-order valence-electron chi connectivity index (χ0n) is 8.53. The second-order valence-electron chi connectivity index (χ2n) is 3.99. The van der Waals surface area contributed by atoms with E-state index in [1.807, 2.05) is 6.92 Å². The van der Waals surface area contributed by atoms with Gasteiger partial charge in [0.05, 0.1) is 22.0 Å². The van der Waals surface area contributed by atoms with Crippen LogP contribution in [0.4, 0.5) is 11.4 Å². The zero-order valence-corrected chi connectivity index (χ0v) is 9.34. The molecular weight excluding hydrogens is 212 g/mol. The fraction of sp³-hybridized carbons (Fsp3) is 0.400. The molecule has 1 aliphatic rings. The maximum Gasteiger partial charge on any atom is 0.180 e. The molecule has 1 aliphatic heterocycles. The number of hydrogen-bond acceptors (Lipinski definition) is 4. The first kappa shape index (κ1) is 10.3. The van der Waals surface area contributed by atoms with Crippen molar-refractivity contribution in [3.05, 3.63) is 18.2 Å². The van der Waals surface area contributed by atoms with Gasteiger partial charge in [-0.3, -0.25) is 0 Å². The highest BCUT2D eigenvalue weighted by atomic mass is 32.2. The lowest BCUT2D eigenvalue weighted by Crippen LogP contribution is -2.15. The number of para-hydroxylation sites is 1. The molecule has 0 aromatic heterocycles. The summed E-state index contributed by atoms with van der Waals surface area (Å²) in [7, 11) is -3.19. The molecule has 0 amide bonds. The third-order valence-corrected chi connectivity index (χ3v) is 4.54. The molecule has 0 spiro atoms. The monoisotopic (exact) mass is 226 g/mol. The molecule has 5 heteroatoms. The molecule has 1 aromatic rings. The SMILES string of the molecule is CC1CNc2c(N)cccc2S(=O)(=O)C1. The van der Waals surface area contributed by atoms with Crippen molar-refractivity contribution in [2.75, 3.05) is 23.3 Å². The van der Waals surface area contributed by atoms with Crippen LogP contribution in [0.1, 0.15) is 6.92 Å². The standard InChI is InChI=1S/C10H14N2O2S/c1-7-5-12-10-8(11)3-2-4-9(10)15(13,14)6-7/h2-4,7,12H,5-6,11H2,1H3. The molecule has 0 fully saturated rings. The maximum absolute atomic E-state index is 12.0. The topological polar surface area (TPSA) is 72.2 Å². The number of benzene rings is 1. The van der Waals surface area contributed by atoms with Crippen molar-refractivity contribution in [1.82, 2.24) is 0 Å². The minimum Gasteiger partial charge on any atom is -0.397 e. The van der Waals surface area contributed by atoms with Gasteiger partial charge in [0.15, 0.2) is 9.84 Å². The molecule has 2 rings (SSSR count). The molecule has 15 heavy (non-hydrogen) atoms. The van der Waals surface area contributed by atoms with Gasteiger partial charge < -0.3 is 11.1 Å². The first-order valence-corrected chi connectivity index (χ1v) is 6.51. The second-order valence-corrected chi connectivity index (χ2v) is 5.99. The summed E-state index contributed by atoms with van der Waals surface area (Å²) in [5, 5.41) is 3.09. The molecule has 1 atom stereocenters. The van der Waals surface area contributed by atoms with Gasteiger partial charge in [-0.25, -0.2) is 8.42 Å². The normalized spacial score (nSPS) is 23.7. The summed E-state index contributed by atoms with van der Waals surface area (Å²) < 4.78 is 23.9. The predicted molar refractivity (Wildman–Crippen MR) is 60.6 cm³/mol. The molecule has 1 aromatic carbocycles. The number of fused-ring (bicyclic) bond motifs is 1. The smallest absolute Gasteiger partial charge is 0.180 e. The lowest BCUT2D eigenvalue weighted by atomic mass is 10.2. The quantitative estimate of drug-likeness (QED) is 0.650. The van der Waals surface area contributed by atoms with Crippen LogP contribution >= 0.6 is 0 Å². The van der Waals surface area contributed by atoms with Crippen LogP contribution in [-0.2, 0) is 9.84 Å². The molecule has 0 saturated carbocycles. The minimum atomic E-state index is -3.19. The van der Waals surface area contributed by atoms with E-state index in [0.29, 0.717) is 22.8 Å². The van der Waals surface area contributed by atoms with Crippen LogP contribution in [0.2, 0.25) is 0 Å². The third-order valence-electron chi connectivity index (χ3n) is 2.52. The first-order chi connectivity index (χ1) is 7.00. The summed E-state index contributed by atoms with van der Waals surface area (Å²) in [5.41, 5.74) is 6.80. The molecule has 1 unspecified atom stereocenters. The van der Waals surface area contributed by atoms with E-state index >= 15 is 0 Å². The summed E-state index contributed by atoms with van der Waals surface area (Å²) >= 11 is 0. The van der Waals surface area contributed by atoms with E-state index in [1.54, 1.807) is 18.2 Å². The number of nitrogen functional groups attached to an aromatic ring is 1. The fourth-order valence-electron chi connectivity index (χ4n) is 1.80. The Kier molecular flexibility index (Phi) is 2.34. The Bertz CT molecular complexity index is 482. The van der Waals surface area contributed by atoms with E-state index in [0.717, 1.165) is 0 Å². The predicted octanol–water partition coefficient (Wildman–Crippen LogP) is 1.10. The largest absolute Gasteiger partial charge is 0.397 e. The van der Waals surface area contributed by atoms with Gasteiger partial charge in [-0.1, -0.05) is 13.0 Å². The van der Waals surface area contributed by atoms with Crippen LogP contribution in [0.5, 0.6) is 0 Å². The van der Waals surface area contributed by atoms with Crippen molar-refractivity contribution in [1.29, 1.82) is 0 Å². The molecule has 82 valence electrons. The van der Waals surface area contributed by atoms with Crippen LogP contribution in [-0.4, -0.2) is 20.7 Å². The van der Waals surface area contributed by atoms with Gasteiger partial charge in [0.2, 0.25) is 0 Å². The second kappa shape index (κ2) is 3.41. The number of nitrogens with two attached hydrogens (primary N) is 1. The van der Waals surface area contributed by atoms with E-state index in [-0.39, 0.29) is 11.7 Å². The summed E-state index contributed by atoms with van der Waals surface area (Å²) in [4.78, 5) is 0.326. The Hall–Kier alpha value is -1.23. The Balaban J connectivity index is 2.64. The number of anilines is 2. The lowest BCUT2D eigenvalue weighted by Gasteiger charge is -2.09. The van der Waals surface area contributed by atoms with Crippen LogP contribution < -0.4 is 11.1 Å². The first-order valence-electron chi connectivity index (χ1n) is 4.86. The highest BCUT2D eigenvalue weighted by Crippen LogP contribution is 2.31. The van der Waals surface area contributed by atoms with Crippen molar-refractivity contribution in [2.24, 2.45) is 5.92 Å². The van der Waals surface area contributed by atoms with E-state index in [4.69, 9.17) is 5.73 Å². The Morgan fingerprint density at radius 1 is 1.47 bits per heavy atom. The van der Waals surface area contributed by atoms with E-state index in [9.17, 15) is 8.42 Å². The molecule has 4 nitrogen and oxygen atoms in total. The molecule has 0 saturated heterocycles. The number of hydrogen-bond donors (Lipinski definition) is 2. The molecule has 0 bridgehead atoms. The molecular formula is C10H14N2O2S. The van der Waals surface area contributed by atoms with Gasteiger partial charge >= 0.3 is 0 Å². The highest BCUT2D eigenvalue weighted by molar-refractivity contribution is 7.91. The van der Waals surface area contributed by atoms with Gasteiger partial charge in [-0.2, -0.15) is 0 Å². The summed E-state index contributed by atoms with van der Waals surface area (Å²) in [6.45, 7) is 2.55. The third kappa shape index (κ3) is 1.79. The molecule has 0 aliphatic carbocycles. The molecule has 0 radical (unpaired) electrons. The van der Waals surface area contributed by atoms with E-state index in [1.165, 1.54) is 0 Å². The lowest BCUT2D eigenvalue weighted by molar-refractivity contribution is 0.582. The number of nitrogens with one attached hydrogen (secondary N) is 1. The average molecular weight is 226 g/mol. The Labute approximate surface area is 89.4 Å².